The number of nitrogens with zero attached hydrogens (tertiary/aromatic N) is 6. The van der Waals surface area contributed by atoms with Gasteiger partial charge < -0.3 is 38.0 Å². The van der Waals surface area contributed by atoms with Crippen LogP contribution < -0.4 is 21.3 Å². The summed E-state index contributed by atoms with van der Waals surface area (Å²) in [5, 5.41) is 41.6. The van der Waals surface area contributed by atoms with Gasteiger partial charge in [-0.1, -0.05) is 0 Å². The Morgan fingerprint density at radius 2 is 0.646 bits per heavy atom. The average molecular weight is 1050 g/mol. The van der Waals surface area contributed by atoms with E-state index in [-0.39, 0.29) is 136 Å². The van der Waals surface area contributed by atoms with Crippen molar-refractivity contribution in [1.29, 1.82) is 0 Å². The maximum absolute atomic E-state index is 12.6. The molecule has 33 heteroatoms. The number of aromatic nitrogens is 4. The number of carboxylic acid groups (broad SMARTS) is 2. The molecule has 26 nitrogen and oxygen atoms in total. The molecule has 324 valence electrons. The Morgan fingerprint density at radius 3 is 0.862 bits per heavy atom. The number of carbonyl (C=O) groups excluding carboxylic acids is 2. The quantitative estimate of drug-likeness (QED) is 0.0788. The van der Waals surface area contributed by atoms with Crippen LogP contribution in [0.25, 0.3) is 11.4 Å². The largest absolute Gasteiger partial charge is 2.00 e. The summed E-state index contributed by atoms with van der Waals surface area (Å²) in [4.78, 5) is 45.7. The fraction of sp³-hybridized carbons (Fsp3) is 0. The van der Waals surface area contributed by atoms with E-state index in [0.717, 1.165) is 97.1 Å². The second kappa shape index (κ2) is 23.0. The molecule has 0 amide bonds. The summed E-state index contributed by atoms with van der Waals surface area (Å²) in [5.41, 5.74) is -4.79. The van der Waals surface area contributed by atoms with Crippen LogP contribution in [0, 0.1) is 0 Å². The van der Waals surface area contributed by atoms with E-state index in [1.165, 1.54) is 0 Å². The molecule has 6 aromatic rings. The van der Waals surface area contributed by atoms with Gasteiger partial charge in [0.25, 0.3) is 11.1 Å². The van der Waals surface area contributed by atoms with Gasteiger partial charge in [0.05, 0.1) is 54.3 Å². The van der Waals surface area contributed by atoms with E-state index in [9.17, 15) is 81.3 Å². The molecule has 0 aliphatic heterocycles. The maximum atomic E-state index is 12.6. The van der Waals surface area contributed by atoms with Crippen molar-refractivity contribution in [3.63, 3.8) is 0 Å². The zero-order valence-corrected chi connectivity index (χ0v) is 41.9. The molecule has 0 aliphatic carbocycles. The van der Waals surface area contributed by atoms with Gasteiger partial charge in [-0.3, -0.25) is 19.8 Å². The summed E-state index contributed by atoms with van der Waals surface area (Å²) in [6.45, 7) is 0. The monoisotopic (exact) mass is 1050 g/mol. The number of carbonyl (C=O) groups is 2. The number of nitrogens with one attached hydrogen (secondary N) is 2. The minimum atomic E-state index is -4.72. The van der Waals surface area contributed by atoms with Crippen molar-refractivity contribution in [2.24, 2.45) is 20.5 Å². The number of hydrogen-bond acceptors (Lipinski definition) is 22. The molecular formula is C32H18Ca3N8O18S4. The predicted molar refractivity (Wildman–Crippen MR) is 212 cm³/mol. The fourth-order valence-corrected chi connectivity index (χ4v) is 6.67. The first-order chi connectivity index (χ1) is 28.8. The van der Waals surface area contributed by atoms with Gasteiger partial charge in [-0.25, -0.2) is 43.0 Å². The summed E-state index contributed by atoms with van der Waals surface area (Å²) < 4.78 is 133. The van der Waals surface area contributed by atoms with E-state index >= 15 is 0 Å². The normalized spacial score (nSPS) is 11.8. The third-order valence-corrected chi connectivity index (χ3v) is 11.1. The van der Waals surface area contributed by atoms with Gasteiger partial charge in [0.2, 0.25) is 0 Å². The summed E-state index contributed by atoms with van der Waals surface area (Å²) in [6.07, 6.45) is 0. The number of carboxylic acids is 2. The van der Waals surface area contributed by atoms with Crippen molar-refractivity contribution in [2.45, 2.75) is 19.6 Å². The van der Waals surface area contributed by atoms with Crippen molar-refractivity contribution in [3.8, 4) is 11.4 Å². The smallest absolute Gasteiger partial charge is 0.744 e. The van der Waals surface area contributed by atoms with Gasteiger partial charge in [0.15, 0.2) is 11.4 Å². The Bertz CT molecular complexity index is 3150. The van der Waals surface area contributed by atoms with Crippen LogP contribution in [0.4, 0.5) is 22.7 Å². The first-order valence-electron chi connectivity index (χ1n) is 16.0. The van der Waals surface area contributed by atoms with E-state index in [1.807, 2.05) is 0 Å². The zero-order chi connectivity index (χ0) is 45.9. The second-order valence-electron chi connectivity index (χ2n) is 11.7. The third kappa shape index (κ3) is 14.7. The summed E-state index contributed by atoms with van der Waals surface area (Å²) >= 11 is 0. The molecule has 0 aliphatic rings. The molecule has 0 saturated carbocycles. The standard InChI is InChI=1S/2C16H12N4O9S2.3Ca/c2*21-15-13(18-17-9-1-5-11(6-2-9)30(24,25)26)14(16(22)23)19-20(15)10-3-7-12(8-4-10)31(27,28)29;;;/h2*1-8,19H,(H,22,23)(H,24,25,26)(H,27,28,29);;;/q;;3*+2/p-6. The van der Waals surface area contributed by atoms with Gasteiger partial charge in [0.1, 0.15) is 51.9 Å². The van der Waals surface area contributed by atoms with Crippen molar-refractivity contribution in [2.75, 3.05) is 0 Å². The van der Waals surface area contributed by atoms with Gasteiger partial charge in [-0.2, -0.15) is 10.2 Å². The van der Waals surface area contributed by atoms with Crippen LogP contribution in [0.2, 0.25) is 0 Å². The number of H-pyrrole nitrogens is 2. The van der Waals surface area contributed by atoms with Crippen LogP contribution in [0.5, 0.6) is 0 Å². The Kier molecular flexibility index (Phi) is 20.4. The fourth-order valence-electron chi connectivity index (χ4n) is 4.79. The van der Waals surface area contributed by atoms with E-state index in [1.54, 1.807) is 0 Å². The Hall–Kier alpha value is -3.54. The van der Waals surface area contributed by atoms with E-state index in [2.05, 4.69) is 30.7 Å². The second-order valence-corrected chi connectivity index (χ2v) is 17.2. The van der Waals surface area contributed by atoms with E-state index < -0.39 is 106 Å². The first-order valence-corrected chi connectivity index (χ1v) is 21.6. The Balaban J connectivity index is 0.000000427. The van der Waals surface area contributed by atoms with Gasteiger partial charge >= 0.3 is 113 Å². The van der Waals surface area contributed by atoms with Crippen LogP contribution >= 0.6 is 0 Å². The zero-order valence-electron chi connectivity index (χ0n) is 32.0. The molecule has 0 saturated heterocycles. The number of hydrogen-bond donors (Lipinski definition) is 2. The molecule has 2 heterocycles. The van der Waals surface area contributed by atoms with Crippen molar-refractivity contribution in [1.82, 2.24) is 19.6 Å². The molecule has 6 rings (SSSR count). The van der Waals surface area contributed by atoms with Crippen LogP contribution in [0.1, 0.15) is 21.0 Å². The minimum absolute atomic E-state index is 0. The van der Waals surface area contributed by atoms with Crippen molar-refractivity contribution in [3.05, 3.63) is 129 Å². The molecule has 0 spiro atoms. The Morgan fingerprint density at radius 1 is 0.415 bits per heavy atom. The van der Waals surface area contributed by atoms with Crippen LogP contribution in [-0.2, 0) is 40.5 Å². The van der Waals surface area contributed by atoms with E-state index in [0.29, 0.717) is 9.36 Å². The molecule has 65 heavy (non-hydrogen) atoms. The van der Waals surface area contributed by atoms with Gasteiger partial charge in [-0.05, 0) is 97.1 Å². The average Bonchev–Trinajstić information content (AvgIpc) is 3.71. The third-order valence-electron chi connectivity index (χ3n) is 7.69. The maximum Gasteiger partial charge on any atom is 2.00 e. The number of benzene rings is 4. The first kappa shape index (κ1) is 57.6. The molecule has 0 bridgehead atoms. The van der Waals surface area contributed by atoms with Crippen LogP contribution in [0.15, 0.2) is 147 Å². The molecule has 2 aromatic heterocycles. The summed E-state index contributed by atoms with van der Waals surface area (Å²) in [7, 11) is -18.8. The molecule has 4 aromatic carbocycles. The number of azo groups is 2. The number of aromatic carboxylic acids is 2. The van der Waals surface area contributed by atoms with Crippen molar-refractivity contribution < 1.29 is 71.7 Å². The van der Waals surface area contributed by atoms with E-state index in [4.69, 9.17) is 0 Å². The molecular weight excluding hydrogens is 1030 g/mol. The molecule has 0 fully saturated rings. The molecule has 0 radical (unpaired) electrons. The molecule has 0 unspecified atom stereocenters. The van der Waals surface area contributed by atoms with Gasteiger partial charge in [0, 0.05) is 0 Å². The van der Waals surface area contributed by atoms with Crippen molar-refractivity contribution >= 4 is 188 Å². The van der Waals surface area contributed by atoms with Crippen LogP contribution in [-0.4, -0.2) is 197 Å². The minimum Gasteiger partial charge on any atom is -0.744 e. The summed E-state index contributed by atoms with van der Waals surface area (Å²) in [6, 6.07) is 16.3. The predicted octanol–water partition coefficient (Wildman–Crippen LogP) is -1.64. The molecule has 0 atom stereocenters. The van der Waals surface area contributed by atoms with Gasteiger partial charge in [-0.15, -0.1) is 10.2 Å². The molecule has 2 N–H and O–H groups in total. The SMILES string of the molecule is O=C([O-])c1[nH]n(-c2ccc(S(=O)(=O)[O-])cc2)c(=O)c1N=Nc1ccc(S(=O)(=O)[O-])cc1.O=C([O-])c1[nH]n(-c2ccc(S(=O)(=O)[O-])cc2)c(=O)c1N=Nc1ccc(S(=O)(=O)[O-])cc1.[Ca+2].[Ca+2].[Ca+2]. The van der Waals surface area contributed by atoms with Crippen LogP contribution in [0.3, 0.4) is 0 Å². The number of rotatable bonds is 12. The Labute approximate surface area is 454 Å². The topological polar surface area (TPSA) is 434 Å². The number of aromatic amines is 2. The summed E-state index contributed by atoms with van der Waals surface area (Å²) in [5.74, 6) is -3.59.